The quantitative estimate of drug-likeness (QED) is 0.264. The minimum Gasteiger partial charge on any atom is -0.398 e. The van der Waals surface area contributed by atoms with Crippen LogP contribution < -0.4 is 5.73 Å². The summed E-state index contributed by atoms with van der Waals surface area (Å²) in [6, 6.07) is 8.24. The molecule has 8 atom stereocenters. The molecule has 32 heavy (non-hydrogen) atoms. The van der Waals surface area contributed by atoms with E-state index in [1.165, 1.54) is 49.2 Å². The van der Waals surface area contributed by atoms with E-state index in [1.54, 1.807) is 0 Å². The number of allylic oxidation sites excluding steroid dienone is 2. The van der Waals surface area contributed by atoms with E-state index >= 15 is 0 Å². The van der Waals surface area contributed by atoms with Crippen LogP contribution in [0.4, 0.5) is 5.69 Å². The third-order valence-corrected chi connectivity index (χ3v) is 12.8. The number of nitrogens with two attached hydrogens (primary N) is 1. The average Bonchev–Trinajstić information content (AvgIpc) is 3.13. The van der Waals surface area contributed by atoms with Crippen molar-refractivity contribution >= 4 is 27.3 Å². The summed E-state index contributed by atoms with van der Waals surface area (Å²) < 4.78 is 0. The number of fused-ring (bicyclic) bond motifs is 5. The van der Waals surface area contributed by atoms with Crippen molar-refractivity contribution in [2.45, 2.75) is 83.1 Å². The molecule has 3 fully saturated rings. The van der Waals surface area contributed by atoms with Crippen molar-refractivity contribution < 1.29 is 5.11 Å². The Balaban J connectivity index is 1.27. The number of para-hydroxylation sites is 1. The average molecular weight is 472 g/mol. The van der Waals surface area contributed by atoms with Crippen molar-refractivity contribution in [3.63, 3.8) is 0 Å². The van der Waals surface area contributed by atoms with E-state index < -0.39 is 0 Å². The number of anilines is 1. The van der Waals surface area contributed by atoms with Gasteiger partial charge >= 0.3 is 0 Å². The maximum Gasteiger partial charge on any atom is 0.0543 e. The fraction of sp³-hybridized carbons (Fsp3) is 0.714. The van der Waals surface area contributed by atoms with Crippen LogP contribution in [-0.2, 0) is 0 Å². The van der Waals surface area contributed by atoms with Crippen LogP contribution in [0.15, 0.2) is 40.8 Å². The highest BCUT2D eigenvalue weighted by atomic mass is 33.1. The summed E-state index contributed by atoms with van der Waals surface area (Å²) in [6.45, 7) is 7.71. The van der Waals surface area contributed by atoms with E-state index in [9.17, 15) is 5.11 Å². The third-order valence-electron chi connectivity index (χ3n) is 10.2. The van der Waals surface area contributed by atoms with Crippen LogP contribution >= 0.6 is 21.6 Å². The lowest BCUT2D eigenvalue weighted by Gasteiger charge is -2.57. The van der Waals surface area contributed by atoms with Crippen LogP contribution in [0.25, 0.3) is 0 Å². The van der Waals surface area contributed by atoms with Crippen LogP contribution in [-0.4, -0.2) is 17.0 Å². The van der Waals surface area contributed by atoms with Crippen molar-refractivity contribution in [3.8, 4) is 0 Å². The van der Waals surface area contributed by atoms with E-state index in [0.717, 1.165) is 42.2 Å². The van der Waals surface area contributed by atoms with Crippen molar-refractivity contribution in [2.75, 3.05) is 11.5 Å². The molecule has 176 valence electrons. The largest absolute Gasteiger partial charge is 0.398 e. The van der Waals surface area contributed by atoms with Crippen LogP contribution in [0, 0.1) is 40.4 Å². The van der Waals surface area contributed by atoms with Gasteiger partial charge < -0.3 is 10.8 Å². The van der Waals surface area contributed by atoms with E-state index in [2.05, 4.69) is 39.0 Å². The summed E-state index contributed by atoms with van der Waals surface area (Å²) in [5.74, 6) is 5.02. The fourth-order valence-corrected chi connectivity index (χ4v) is 11.0. The predicted molar refractivity (Wildman–Crippen MR) is 140 cm³/mol. The van der Waals surface area contributed by atoms with Gasteiger partial charge in [0.1, 0.15) is 0 Å². The van der Waals surface area contributed by atoms with Gasteiger partial charge in [0.2, 0.25) is 0 Å². The molecule has 3 saturated carbocycles. The highest BCUT2D eigenvalue weighted by Crippen LogP contribution is 2.67. The first-order valence-corrected chi connectivity index (χ1v) is 15.2. The number of aliphatic hydroxyl groups is 1. The second kappa shape index (κ2) is 8.89. The Morgan fingerprint density at radius 1 is 1.06 bits per heavy atom. The minimum atomic E-state index is -0.0600. The molecule has 4 heteroatoms. The van der Waals surface area contributed by atoms with E-state index in [1.807, 2.05) is 39.3 Å². The van der Waals surface area contributed by atoms with Gasteiger partial charge in [0.15, 0.2) is 0 Å². The van der Waals surface area contributed by atoms with E-state index in [-0.39, 0.29) is 6.10 Å². The van der Waals surface area contributed by atoms with Crippen LogP contribution in [0.5, 0.6) is 0 Å². The monoisotopic (exact) mass is 471 g/mol. The summed E-state index contributed by atoms with van der Waals surface area (Å²) >= 11 is 0. The molecule has 5 rings (SSSR count). The topological polar surface area (TPSA) is 46.2 Å². The molecule has 0 heterocycles. The molecule has 2 nitrogen and oxygen atoms in total. The highest BCUT2D eigenvalue weighted by Gasteiger charge is 2.58. The maximum atomic E-state index is 10.3. The molecule has 4 aliphatic carbocycles. The van der Waals surface area contributed by atoms with Gasteiger partial charge in [-0.3, -0.25) is 0 Å². The molecule has 0 amide bonds. The van der Waals surface area contributed by atoms with Gasteiger partial charge in [0.25, 0.3) is 0 Å². The Labute approximate surface area is 203 Å². The zero-order chi connectivity index (χ0) is 22.5. The molecule has 0 radical (unpaired) electrons. The smallest absolute Gasteiger partial charge is 0.0543 e. The van der Waals surface area contributed by atoms with E-state index in [4.69, 9.17) is 5.73 Å². The molecular weight excluding hydrogens is 430 g/mol. The van der Waals surface area contributed by atoms with Crippen LogP contribution in [0.2, 0.25) is 0 Å². The molecule has 0 spiro atoms. The standard InChI is InChI=1S/C28H41NOS2/c1-18(17-31-32-26-7-5-4-6-25(26)29)22-10-11-23-21-9-8-19-16-20(30)12-14-27(19,2)24(21)13-15-28(22,23)3/h4-7,9,18-20,22-24,30H,8,10-17,29H2,1-3H3/t18-,19?,20+,22?,23?,24?,27+,28-/m1/s1. The number of rotatable bonds is 5. The number of nitrogen functional groups attached to an aromatic ring is 1. The lowest BCUT2D eigenvalue weighted by atomic mass is 9.47. The second-order valence-electron chi connectivity index (χ2n) is 11.8. The fourth-order valence-electron chi connectivity index (χ4n) is 8.34. The summed E-state index contributed by atoms with van der Waals surface area (Å²) in [5.41, 5.74) is 9.77. The number of aliphatic hydroxyl groups excluding tert-OH is 1. The minimum absolute atomic E-state index is 0.0600. The van der Waals surface area contributed by atoms with Crippen molar-refractivity contribution in [3.05, 3.63) is 35.9 Å². The summed E-state index contributed by atoms with van der Waals surface area (Å²) in [4.78, 5) is 1.20. The van der Waals surface area contributed by atoms with Crippen molar-refractivity contribution in [2.24, 2.45) is 40.4 Å². The number of hydrogen-bond acceptors (Lipinski definition) is 4. The molecule has 0 aliphatic heterocycles. The summed E-state index contributed by atoms with van der Waals surface area (Å²) in [7, 11) is 3.84. The van der Waals surface area contributed by atoms with Gasteiger partial charge in [0, 0.05) is 16.3 Å². The van der Waals surface area contributed by atoms with E-state index in [0.29, 0.717) is 16.7 Å². The lowest BCUT2D eigenvalue weighted by Crippen LogP contribution is -2.50. The Bertz CT molecular complexity index is 871. The van der Waals surface area contributed by atoms with Gasteiger partial charge in [-0.05, 0) is 104 Å². The van der Waals surface area contributed by atoms with Crippen LogP contribution in [0.1, 0.15) is 72.1 Å². The zero-order valence-corrected chi connectivity index (χ0v) is 21.7. The van der Waals surface area contributed by atoms with Gasteiger partial charge in [-0.2, -0.15) is 0 Å². The molecule has 1 aromatic carbocycles. The highest BCUT2D eigenvalue weighted by molar-refractivity contribution is 8.76. The Morgan fingerprint density at radius 2 is 1.81 bits per heavy atom. The Morgan fingerprint density at radius 3 is 2.62 bits per heavy atom. The SMILES string of the molecule is C[C@H](CSSc1ccccc1N)C1CCC2C3=CCC4C[C@@H](O)CC[C@]4(C)C3CC[C@@]21C. The zero-order valence-electron chi connectivity index (χ0n) is 20.1. The normalized spacial score (nSPS) is 41.9. The first-order chi connectivity index (χ1) is 15.3. The van der Waals surface area contributed by atoms with Crippen LogP contribution in [0.3, 0.4) is 0 Å². The van der Waals surface area contributed by atoms with Crippen molar-refractivity contribution in [1.82, 2.24) is 0 Å². The molecule has 1 aromatic rings. The molecule has 3 N–H and O–H groups in total. The predicted octanol–water partition coefficient (Wildman–Crippen LogP) is 7.59. The van der Waals surface area contributed by atoms with Gasteiger partial charge in [-0.15, -0.1) is 0 Å². The van der Waals surface area contributed by atoms with Crippen molar-refractivity contribution in [1.29, 1.82) is 0 Å². The second-order valence-corrected chi connectivity index (χ2v) is 14.2. The lowest BCUT2D eigenvalue weighted by molar-refractivity contribution is -0.0419. The number of hydrogen-bond donors (Lipinski definition) is 2. The molecule has 0 aromatic heterocycles. The third kappa shape index (κ3) is 3.86. The molecule has 0 saturated heterocycles. The number of benzene rings is 1. The van der Waals surface area contributed by atoms with Gasteiger partial charge in [-0.25, -0.2) is 0 Å². The van der Waals surface area contributed by atoms with Gasteiger partial charge in [-0.1, -0.05) is 66.1 Å². The molecular formula is C28H41NOS2. The van der Waals surface area contributed by atoms with Gasteiger partial charge in [0.05, 0.1) is 6.10 Å². The Kier molecular flexibility index (Phi) is 6.44. The molecule has 4 unspecified atom stereocenters. The summed E-state index contributed by atoms with van der Waals surface area (Å²) in [5, 5.41) is 10.3. The molecule has 4 aliphatic rings. The molecule has 0 bridgehead atoms. The summed E-state index contributed by atoms with van der Waals surface area (Å²) in [6.07, 6.45) is 12.6. The maximum absolute atomic E-state index is 10.3. The Hall–Kier alpha value is -0.580. The first kappa shape index (κ1) is 23.2. The first-order valence-electron chi connectivity index (χ1n) is 12.8.